The predicted molar refractivity (Wildman–Crippen MR) is 104 cm³/mol. The molecule has 1 N–H and O–H groups in total. The summed E-state index contributed by atoms with van der Waals surface area (Å²) >= 11 is 3.01. The Morgan fingerprint density at radius 3 is 2.88 bits per heavy atom. The molecule has 1 saturated heterocycles. The highest BCUT2D eigenvalue weighted by molar-refractivity contribution is 7.99. The van der Waals surface area contributed by atoms with Crippen molar-refractivity contribution < 1.29 is 9.59 Å². The van der Waals surface area contributed by atoms with Crippen LogP contribution in [0.3, 0.4) is 0 Å². The Balaban J connectivity index is 1.73. The third-order valence-corrected chi connectivity index (χ3v) is 5.97. The van der Waals surface area contributed by atoms with Crippen molar-refractivity contribution >= 4 is 40.0 Å². The smallest absolute Gasteiger partial charge is 0.249 e. The molecule has 25 heavy (non-hydrogen) atoms. The number of rotatable bonds is 4. The summed E-state index contributed by atoms with van der Waals surface area (Å²) in [6.45, 7) is 5.94. The SMILES string of the molecule is CCC(=O)N1CSCC1C(=O)Nc1nc(-c2ccc(C)cc2C)cs1. The molecule has 0 spiro atoms. The third-order valence-electron chi connectivity index (χ3n) is 4.20. The highest BCUT2D eigenvalue weighted by Crippen LogP contribution is 2.29. The Morgan fingerprint density at radius 1 is 1.36 bits per heavy atom. The van der Waals surface area contributed by atoms with Gasteiger partial charge in [-0.05, 0) is 19.4 Å². The van der Waals surface area contributed by atoms with Crippen LogP contribution in [-0.4, -0.2) is 39.4 Å². The van der Waals surface area contributed by atoms with Crippen LogP contribution in [0, 0.1) is 13.8 Å². The first-order chi connectivity index (χ1) is 12.0. The van der Waals surface area contributed by atoms with Crippen LogP contribution in [0.4, 0.5) is 5.13 Å². The number of thioether (sulfide) groups is 1. The number of benzene rings is 1. The van der Waals surface area contributed by atoms with Crippen molar-refractivity contribution in [3.8, 4) is 11.3 Å². The lowest BCUT2D eigenvalue weighted by atomic mass is 10.0. The Labute approximate surface area is 155 Å². The average Bonchev–Trinajstić information content (AvgIpc) is 3.23. The number of carbonyl (C=O) groups excluding carboxylic acids is 2. The van der Waals surface area contributed by atoms with Crippen LogP contribution >= 0.6 is 23.1 Å². The van der Waals surface area contributed by atoms with Crippen LogP contribution in [0.15, 0.2) is 23.6 Å². The topological polar surface area (TPSA) is 62.3 Å². The van der Waals surface area contributed by atoms with Crippen molar-refractivity contribution in [2.75, 3.05) is 16.9 Å². The zero-order chi connectivity index (χ0) is 18.0. The Kier molecular flexibility index (Phi) is 5.44. The van der Waals surface area contributed by atoms with Gasteiger partial charge in [0.1, 0.15) is 6.04 Å². The van der Waals surface area contributed by atoms with Crippen molar-refractivity contribution in [3.63, 3.8) is 0 Å². The van der Waals surface area contributed by atoms with E-state index in [-0.39, 0.29) is 11.8 Å². The zero-order valence-corrected chi connectivity index (χ0v) is 16.2. The number of amides is 2. The van der Waals surface area contributed by atoms with Crippen molar-refractivity contribution in [2.24, 2.45) is 0 Å². The first-order valence-corrected chi connectivity index (χ1v) is 10.2. The molecule has 0 bridgehead atoms. The van der Waals surface area contributed by atoms with Gasteiger partial charge in [-0.2, -0.15) is 0 Å². The summed E-state index contributed by atoms with van der Waals surface area (Å²) in [7, 11) is 0. The van der Waals surface area contributed by atoms with E-state index in [9.17, 15) is 9.59 Å². The van der Waals surface area contributed by atoms with E-state index >= 15 is 0 Å². The number of hydrogen-bond donors (Lipinski definition) is 1. The minimum absolute atomic E-state index is 0.0141. The largest absolute Gasteiger partial charge is 0.321 e. The Hall–Kier alpha value is -1.86. The Bertz CT molecular complexity index is 803. The monoisotopic (exact) mass is 375 g/mol. The molecular weight excluding hydrogens is 354 g/mol. The number of carbonyl (C=O) groups is 2. The van der Waals surface area contributed by atoms with Crippen molar-refractivity contribution in [2.45, 2.75) is 33.2 Å². The first-order valence-electron chi connectivity index (χ1n) is 8.20. The molecule has 0 saturated carbocycles. The number of anilines is 1. The molecule has 1 atom stereocenters. The van der Waals surface area contributed by atoms with Crippen molar-refractivity contribution in [1.29, 1.82) is 0 Å². The fourth-order valence-corrected chi connectivity index (χ4v) is 4.75. The van der Waals surface area contributed by atoms with E-state index in [2.05, 4.69) is 42.3 Å². The molecule has 1 fully saturated rings. The average molecular weight is 376 g/mol. The minimum atomic E-state index is -0.411. The molecule has 3 rings (SSSR count). The van der Waals surface area contributed by atoms with Crippen LogP contribution in [0.25, 0.3) is 11.3 Å². The number of aryl methyl sites for hydroxylation is 2. The number of nitrogens with one attached hydrogen (secondary N) is 1. The molecule has 2 aromatic rings. The van der Waals surface area contributed by atoms with Crippen LogP contribution in [0.1, 0.15) is 24.5 Å². The minimum Gasteiger partial charge on any atom is -0.321 e. The molecule has 2 amide bonds. The first kappa shape index (κ1) is 17.9. The van der Waals surface area contributed by atoms with Gasteiger partial charge >= 0.3 is 0 Å². The van der Waals surface area contributed by atoms with E-state index < -0.39 is 6.04 Å². The Morgan fingerprint density at radius 2 is 2.16 bits per heavy atom. The quantitative estimate of drug-likeness (QED) is 0.885. The summed E-state index contributed by atoms with van der Waals surface area (Å²) < 4.78 is 0. The molecule has 0 radical (unpaired) electrons. The lowest BCUT2D eigenvalue weighted by Crippen LogP contribution is -2.44. The summed E-state index contributed by atoms with van der Waals surface area (Å²) in [6.07, 6.45) is 0.415. The van der Waals surface area contributed by atoms with Crippen LogP contribution in [0.2, 0.25) is 0 Å². The summed E-state index contributed by atoms with van der Waals surface area (Å²) in [4.78, 5) is 30.7. The maximum Gasteiger partial charge on any atom is 0.249 e. The van der Waals surface area contributed by atoms with Gasteiger partial charge in [0.2, 0.25) is 11.8 Å². The summed E-state index contributed by atoms with van der Waals surface area (Å²) in [5.74, 6) is 1.07. The van der Waals surface area contributed by atoms with E-state index in [1.165, 1.54) is 16.9 Å². The second-order valence-electron chi connectivity index (χ2n) is 6.08. The molecule has 7 heteroatoms. The summed E-state index contributed by atoms with van der Waals surface area (Å²) in [6, 6.07) is 5.83. The molecule has 132 valence electrons. The second-order valence-corrected chi connectivity index (χ2v) is 7.94. The van der Waals surface area contributed by atoms with E-state index in [1.54, 1.807) is 16.7 Å². The van der Waals surface area contributed by atoms with Gasteiger partial charge in [0.15, 0.2) is 5.13 Å². The lowest BCUT2D eigenvalue weighted by molar-refractivity contribution is -0.135. The van der Waals surface area contributed by atoms with E-state index in [1.807, 2.05) is 12.3 Å². The van der Waals surface area contributed by atoms with Crippen LogP contribution in [0.5, 0.6) is 0 Å². The highest BCUT2D eigenvalue weighted by Gasteiger charge is 2.34. The number of nitrogens with zero attached hydrogens (tertiary/aromatic N) is 2. The van der Waals surface area contributed by atoms with Gasteiger partial charge in [-0.25, -0.2) is 4.98 Å². The van der Waals surface area contributed by atoms with Gasteiger partial charge in [0, 0.05) is 23.1 Å². The van der Waals surface area contributed by atoms with Crippen LogP contribution in [-0.2, 0) is 9.59 Å². The summed E-state index contributed by atoms with van der Waals surface area (Å²) in [5.41, 5.74) is 4.31. The molecule has 5 nitrogen and oxygen atoms in total. The van der Waals surface area contributed by atoms with Gasteiger partial charge in [0.05, 0.1) is 11.6 Å². The second kappa shape index (κ2) is 7.58. The van der Waals surface area contributed by atoms with Gasteiger partial charge in [-0.15, -0.1) is 23.1 Å². The fraction of sp³-hybridized carbons (Fsp3) is 0.389. The van der Waals surface area contributed by atoms with Crippen molar-refractivity contribution in [1.82, 2.24) is 9.88 Å². The normalized spacial score (nSPS) is 16.9. The number of hydrogen-bond acceptors (Lipinski definition) is 5. The fourth-order valence-electron chi connectivity index (χ4n) is 2.85. The molecular formula is C18H21N3O2S2. The van der Waals surface area contributed by atoms with Gasteiger partial charge < -0.3 is 10.2 Å². The summed E-state index contributed by atoms with van der Waals surface area (Å²) in [5, 5.41) is 5.40. The number of aromatic nitrogens is 1. The van der Waals surface area contributed by atoms with E-state index in [0.29, 0.717) is 23.2 Å². The van der Waals surface area contributed by atoms with E-state index in [4.69, 9.17) is 0 Å². The molecule has 1 aromatic heterocycles. The van der Waals surface area contributed by atoms with Crippen LogP contribution < -0.4 is 5.32 Å². The molecule has 1 aliphatic heterocycles. The molecule has 1 unspecified atom stereocenters. The third kappa shape index (κ3) is 3.88. The molecule has 1 aromatic carbocycles. The number of thiazole rings is 1. The van der Waals surface area contributed by atoms with Gasteiger partial charge in [-0.3, -0.25) is 9.59 Å². The zero-order valence-electron chi connectivity index (χ0n) is 14.5. The molecule has 2 heterocycles. The van der Waals surface area contributed by atoms with Gasteiger partial charge in [0.25, 0.3) is 0 Å². The molecule has 0 aliphatic carbocycles. The van der Waals surface area contributed by atoms with Crippen molar-refractivity contribution in [3.05, 3.63) is 34.7 Å². The lowest BCUT2D eigenvalue weighted by Gasteiger charge is -2.21. The van der Waals surface area contributed by atoms with Gasteiger partial charge in [-0.1, -0.05) is 30.7 Å². The van der Waals surface area contributed by atoms with E-state index in [0.717, 1.165) is 16.8 Å². The standard InChI is InChI=1S/C18H21N3O2S2/c1-4-16(22)21-10-24-9-15(21)17(23)20-18-19-14(8-25-18)13-6-5-11(2)7-12(13)3/h5-8,15H,4,9-10H2,1-3H3,(H,19,20,23). The predicted octanol–water partition coefficient (Wildman–Crippen LogP) is 3.68. The maximum atomic E-state index is 12.6. The highest BCUT2D eigenvalue weighted by atomic mass is 32.2. The molecule has 1 aliphatic rings. The maximum absolute atomic E-state index is 12.6.